The predicted molar refractivity (Wildman–Crippen MR) is 79.9 cm³/mol. The minimum absolute atomic E-state index is 0.773. The van der Waals surface area contributed by atoms with Gasteiger partial charge >= 0.3 is 0 Å². The third-order valence-corrected chi connectivity index (χ3v) is 5.36. The summed E-state index contributed by atoms with van der Waals surface area (Å²) in [6, 6.07) is 10.2. The number of fused-ring (bicyclic) bond motifs is 3. The van der Waals surface area contributed by atoms with Crippen molar-refractivity contribution in [3.05, 3.63) is 47.0 Å². The van der Waals surface area contributed by atoms with Crippen molar-refractivity contribution in [2.75, 3.05) is 6.66 Å². The summed E-state index contributed by atoms with van der Waals surface area (Å²) >= 11 is 0. The van der Waals surface area contributed by atoms with Crippen LogP contribution < -0.4 is 9.83 Å². The fourth-order valence-electron chi connectivity index (χ4n) is 2.72. The first-order chi connectivity index (χ1) is 8.88. The standard InChI is InChI=1S/C16H17O2P/c1-10-5-6-15-13(8-10)14-9-11(2)7-12(3)16(14)18-19(15,4)17/h5-9H,1-4H3. The molecule has 2 aromatic rings. The van der Waals surface area contributed by atoms with Gasteiger partial charge in [0.15, 0.2) is 0 Å². The zero-order valence-corrected chi connectivity index (χ0v) is 12.5. The topological polar surface area (TPSA) is 26.3 Å². The molecule has 0 saturated heterocycles. The molecule has 0 aromatic heterocycles. The number of rotatable bonds is 0. The van der Waals surface area contributed by atoms with Gasteiger partial charge in [-0.25, -0.2) is 0 Å². The van der Waals surface area contributed by atoms with Gasteiger partial charge in [0.25, 0.3) is 7.37 Å². The minimum Gasteiger partial charge on any atom is -0.439 e. The molecule has 0 amide bonds. The Morgan fingerprint density at radius 2 is 1.63 bits per heavy atom. The van der Waals surface area contributed by atoms with Gasteiger partial charge in [0.05, 0.1) is 5.30 Å². The maximum atomic E-state index is 12.7. The first-order valence-corrected chi connectivity index (χ1v) is 8.45. The molecule has 0 saturated carbocycles. The second-order valence-corrected chi connectivity index (χ2v) is 7.77. The van der Waals surface area contributed by atoms with Crippen LogP contribution in [0.1, 0.15) is 16.7 Å². The van der Waals surface area contributed by atoms with E-state index < -0.39 is 7.37 Å². The first kappa shape index (κ1) is 12.5. The van der Waals surface area contributed by atoms with Crippen LogP contribution in [0.25, 0.3) is 11.1 Å². The van der Waals surface area contributed by atoms with Crippen molar-refractivity contribution < 1.29 is 9.09 Å². The lowest BCUT2D eigenvalue weighted by Gasteiger charge is -2.28. The monoisotopic (exact) mass is 272 g/mol. The van der Waals surface area contributed by atoms with Crippen LogP contribution in [-0.4, -0.2) is 6.66 Å². The lowest BCUT2D eigenvalue weighted by molar-refractivity contribution is 0.495. The average Bonchev–Trinajstić information content (AvgIpc) is 2.30. The van der Waals surface area contributed by atoms with E-state index in [2.05, 4.69) is 32.0 Å². The van der Waals surface area contributed by atoms with E-state index in [1.807, 2.05) is 19.1 Å². The molecule has 0 radical (unpaired) electrons. The summed E-state index contributed by atoms with van der Waals surface area (Å²) in [4.78, 5) is 0. The molecule has 2 nitrogen and oxygen atoms in total. The molecule has 0 bridgehead atoms. The van der Waals surface area contributed by atoms with E-state index in [9.17, 15) is 4.57 Å². The van der Waals surface area contributed by atoms with Crippen molar-refractivity contribution in [1.82, 2.24) is 0 Å². The van der Waals surface area contributed by atoms with E-state index in [1.165, 1.54) is 11.1 Å². The molecule has 1 heterocycles. The van der Waals surface area contributed by atoms with Crippen molar-refractivity contribution in [2.24, 2.45) is 0 Å². The molecule has 19 heavy (non-hydrogen) atoms. The van der Waals surface area contributed by atoms with E-state index >= 15 is 0 Å². The van der Waals surface area contributed by atoms with Gasteiger partial charge in [0.2, 0.25) is 0 Å². The van der Waals surface area contributed by atoms with Gasteiger partial charge in [-0.2, -0.15) is 0 Å². The van der Waals surface area contributed by atoms with Gasteiger partial charge in [-0.1, -0.05) is 23.8 Å². The molecular formula is C16H17O2P. The summed E-state index contributed by atoms with van der Waals surface area (Å²) in [6.07, 6.45) is 0. The zero-order valence-electron chi connectivity index (χ0n) is 11.7. The molecule has 0 N–H and O–H groups in total. The molecular weight excluding hydrogens is 255 g/mol. The number of aryl methyl sites for hydroxylation is 3. The highest BCUT2D eigenvalue weighted by molar-refractivity contribution is 7.67. The van der Waals surface area contributed by atoms with Gasteiger partial charge in [-0.05, 0) is 49.6 Å². The van der Waals surface area contributed by atoms with Crippen LogP contribution in [0.4, 0.5) is 0 Å². The summed E-state index contributed by atoms with van der Waals surface area (Å²) in [7, 11) is -2.77. The number of hydrogen-bond donors (Lipinski definition) is 0. The zero-order chi connectivity index (χ0) is 13.8. The fraction of sp³-hybridized carbons (Fsp3) is 0.250. The lowest BCUT2D eigenvalue weighted by Crippen LogP contribution is -2.17. The lowest BCUT2D eigenvalue weighted by atomic mass is 9.98. The van der Waals surface area contributed by atoms with Crippen LogP contribution in [0.5, 0.6) is 5.75 Å². The van der Waals surface area contributed by atoms with Crippen LogP contribution in [0.3, 0.4) is 0 Å². The predicted octanol–water partition coefficient (Wildman–Crippen LogP) is 4.20. The Labute approximate surface area is 113 Å². The molecule has 3 rings (SSSR count). The van der Waals surface area contributed by atoms with E-state index in [-0.39, 0.29) is 0 Å². The van der Waals surface area contributed by atoms with E-state index in [1.54, 1.807) is 6.66 Å². The Kier molecular flexibility index (Phi) is 2.62. The highest BCUT2D eigenvalue weighted by Gasteiger charge is 2.32. The average molecular weight is 272 g/mol. The molecule has 1 unspecified atom stereocenters. The highest BCUT2D eigenvalue weighted by atomic mass is 31.2. The van der Waals surface area contributed by atoms with E-state index in [0.29, 0.717) is 0 Å². The summed E-state index contributed by atoms with van der Waals surface area (Å²) < 4.78 is 18.6. The summed E-state index contributed by atoms with van der Waals surface area (Å²) in [5.74, 6) is 0.773. The largest absolute Gasteiger partial charge is 0.439 e. The molecule has 0 aliphatic carbocycles. The van der Waals surface area contributed by atoms with Crippen molar-refractivity contribution in [3.63, 3.8) is 0 Å². The normalized spacial score (nSPS) is 20.4. The van der Waals surface area contributed by atoms with Crippen LogP contribution in [-0.2, 0) is 4.57 Å². The molecule has 1 atom stereocenters. The molecule has 1 aliphatic heterocycles. The van der Waals surface area contributed by atoms with Gasteiger partial charge in [0.1, 0.15) is 5.75 Å². The van der Waals surface area contributed by atoms with Crippen molar-refractivity contribution in [1.29, 1.82) is 0 Å². The maximum Gasteiger partial charge on any atom is 0.274 e. The third-order valence-electron chi connectivity index (χ3n) is 3.56. The summed E-state index contributed by atoms with van der Waals surface area (Å²) in [5.41, 5.74) is 5.53. The quantitative estimate of drug-likeness (QED) is 0.672. The van der Waals surface area contributed by atoms with Crippen LogP contribution in [0.15, 0.2) is 30.3 Å². The van der Waals surface area contributed by atoms with Gasteiger partial charge in [0, 0.05) is 12.2 Å². The van der Waals surface area contributed by atoms with E-state index in [4.69, 9.17) is 4.52 Å². The van der Waals surface area contributed by atoms with Crippen molar-refractivity contribution in [3.8, 4) is 16.9 Å². The van der Waals surface area contributed by atoms with Crippen LogP contribution in [0.2, 0.25) is 0 Å². The third kappa shape index (κ3) is 1.91. The Morgan fingerprint density at radius 1 is 0.947 bits per heavy atom. The summed E-state index contributed by atoms with van der Waals surface area (Å²) in [6.45, 7) is 7.83. The first-order valence-electron chi connectivity index (χ1n) is 6.38. The molecule has 2 aromatic carbocycles. The van der Waals surface area contributed by atoms with Gasteiger partial charge in [-0.3, -0.25) is 4.57 Å². The molecule has 98 valence electrons. The number of benzene rings is 2. The highest BCUT2D eigenvalue weighted by Crippen LogP contribution is 2.53. The van der Waals surface area contributed by atoms with Gasteiger partial charge in [-0.15, -0.1) is 0 Å². The fourth-order valence-corrected chi connectivity index (χ4v) is 4.38. The summed E-state index contributed by atoms with van der Waals surface area (Å²) in [5, 5.41) is 0.829. The molecule has 3 heteroatoms. The van der Waals surface area contributed by atoms with Crippen molar-refractivity contribution >= 4 is 12.7 Å². The Hall–Kier alpha value is -1.53. The maximum absolute atomic E-state index is 12.7. The van der Waals surface area contributed by atoms with E-state index in [0.717, 1.165) is 27.7 Å². The Bertz CT molecular complexity index is 732. The molecule has 1 aliphatic rings. The second kappa shape index (κ2) is 3.98. The minimum atomic E-state index is -2.77. The number of hydrogen-bond acceptors (Lipinski definition) is 2. The Balaban J connectivity index is 2.41. The van der Waals surface area contributed by atoms with Gasteiger partial charge < -0.3 is 4.52 Å². The smallest absolute Gasteiger partial charge is 0.274 e. The van der Waals surface area contributed by atoms with Crippen LogP contribution >= 0.6 is 7.37 Å². The van der Waals surface area contributed by atoms with Crippen molar-refractivity contribution in [2.45, 2.75) is 20.8 Å². The molecule has 0 spiro atoms. The SMILES string of the molecule is Cc1ccc2c(c1)-c1cc(C)cc(C)c1OP2(C)=O. The Morgan fingerprint density at radius 3 is 2.37 bits per heavy atom. The van der Waals surface area contributed by atoms with Crippen LogP contribution in [0, 0.1) is 20.8 Å². The molecule has 0 fully saturated rings. The second-order valence-electron chi connectivity index (χ2n) is 5.42.